The van der Waals surface area contributed by atoms with Crippen LogP contribution in [0.2, 0.25) is 0 Å². The summed E-state index contributed by atoms with van der Waals surface area (Å²) in [6.07, 6.45) is 8.37. The number of para-hydroxylation sites is 1. The van der Waals surface area contributed by atoms with Crippen molar-refractivity contribution in [3.63, 3.8) is 0 Å². The summed E-state index contributed by atoms with van der Waals surface area (Å²) in [7, 11) is 0. The fraction of sp³-hybridized carbons (Fsp3) is 0.667. The highest BCUT2D eigenvalue weighted by molar-refractivity contribution is 5.35. The zero-order valence-corrected chi connectivity index (χ0v) is 12.2. The number of rotatable bonds is 2. The van der Waals surface area contributed by atoms with Crippen LogP contribution in [0.15, 0.2) is 24.3 Å². The molecule has 1 heterocycles. The maximum atomic E-state index is 10.0. The molecule has 20 heavy (non-hydrogen) atoms. The highest BCUT2D eigenvalue weighted by atomic mass is 16.3. The summed E-state index contributed by atoms with van der Waals surface area (Å²) in [5.41, 5.74) is 1.17. The lowest BCUT2D eigenvalue weighted by molar-refractivity contribution is 0.110. The van der Waals surface area contributed by atoms with E-state index in [1.807, 2.05) is 12.1 Å². The van der Waals surface area contributed by atoms with Crippen molar-refractivity contribution in [2.45, 2.75) is 50.5 Å². The van der Waals surface area contributed by atoms with Crippen molar-refractivity contribution in [3.8, 4) is 5.75 Å². The largest absolute Gasteiger partial charge is 0.508 e. The standard InChI is InChI=1S/C18H25NO/c20-18-4-2-1-3-16(18)14-7-9-19(10-8-14)17-12-13-5-6-15(17)11-13/h1-4,13-15,17,20H,5-12H2/t13-,15-,17+/m0/s1. The Morgan fingerprint density at radius 1 is 0.950 bits per heavy atom. The SMILES string of the molecule is Oc1ccccc1C1CCN([C@@H]2C[C@H]3CC[C@H]2C3)CC1. The molecule has 2 bridgehead atoms. The van der Waals surface area contributed by atoms with Gasteiger partial charge in [0.05, 0.1) is 0 Å². The van der Waals surface area contributed by atoms with E-state index in [0.29, 0.717) is 11.7 Å². The Morgan fingerprint density at radius 3 is 2.40 bits per heavy atom. The van der Waals surface area contributed by atoms with Gasteiger partial charge >= 0.3 is 0 Å². The fourth-order valence-corrected chi connectivity index (χ4v) is 5.03. The second-order valence-corrected chi connectivity index (χ2v) is 7.11. The molecule has 4 rings (SSSR count). The smallest absolute Gasteiger partial charge is 0.119 e. The van der Waals surface area contributed by atoms with Crippen LogP contribution in [0.4, 0.5) is 0 Å². The Bertz CT molecular complexity index is 478. The number of likely N-dealkylation sites (tertiary alicyclic amines) is 1. The van der Waals surface area contributed by atoms with Crippen LogP contribution in [0.5, 0.6) is 5.75 Å². The van der Waals surface area contributed by atoms with Crippen molar-refractivity contribution in [2.24, 2.45) is 11.8 Å². The van der Waals surface area contributed by atoms with Crippen molar-refractivity contribution >= 4 is 0 Å². The molecule has 2 heteroatoms. The van der Waals surface area contributed by atoms with E-state index in [1.165, 1.54) is 57.2 Å². The molecule has 0 spiro atoms. The molecule has 3 atom stereocenters. The van der Waals surface area contributed by atoms with Gasteiger partial charge < -0.3 is 10.0 Å². The molecule has 1 aromatic carbocycles. The summed E-state index contributed by atoms with van der Waals surface area (Å²) in [5, 5.41) is 10.0. The second-order valence-electron chi connectivity index (χ2n) is 7.11. The zero-order valence-electron chi connectivity index (χ0n) is 12.2. The number of benzene rings is 1. The van der Waals surface area contributed by atoms with Crippen molar-refractivity contribution < 1.29 is 5.11 Å². The normalized spacial score (nSPS) is 34.7. The average molecular weight is 271 g/mol. The maximum Gasteiger partial charge on any atom is 0.119 e. The second kappa shape index (κ2) is 5.07. The minimum atomic E-state index is 0.492. The van der Waals surface area contributed by atoms with Gasteiger partial charge in [0.25, 0.3) is 0 Å². The van der Waals surface area contributed by atoms with Gasteiger partial charge in [0.1, 0.15) is 5.75 Å². The first kappa shape index (κ1) is 12.7. The molecule has 2 aliphatic carbocycles. The molecule has 108 valence electrons. The van der Waals surface area contributed by atoms with Gasteiger partial charge in [-0.2, -0.15) is 0 Å². The summed E-state index contributed by atoms with van der Waals surface area (Å²) < 4.78 is 0. The van der Waals surface area contributed by atoms with Gasteiger partial charge in [-0.1, -0.05) is 24.6 Å². The summed E-state index contributed by atoms with van der Waals surface area (Å²) in [5.74, 6) is 3.10. The summed E-state index contributed by atoms with van der Waals surface area (Å²) >= 11 is 0. The van der Waals surface area contributed by atoms with E-state index in [0.717, 1.165) is 17.9 Å². The minimum absolute atomic E-state index is 0.492. The van der Waals surface area contributed by atoms with Crippen LogP contribution in [0.25, 0.3) is 0 Å². The quantitative estimate of drug-likeness (QED) is 0.885. The first-order valence-corrected chi connectivity index (χ1v) is 8.33. The zero-order chi connectivity index (χ0) is 13.5. The number of nitrogens with zero attached hydrogens (tertiary/aromatic N) is 1. The van der Waals surface area contributed by atoms with E-state index in [2.05, 4.69) is 17.0 Å². The molecule has 0 unspecified atom stereocenters. The molecular formula is C18H25NO. The molecule has 3 fully saturated rings. The Hall–Kier alpha value is -1.02. The van der Waals surface area contributed by atoms with Gasteiger partial charge in [-0.05, 0) is 74.6 Å². The monoisotopic (exact) mass is 271 g/mol. The Kier molecular flexibility index (Phi) is 3.22. The number of hydrogen-bond acceptors (Lipinski definition) is 2. The molecular weight excluding hydrogens is 246 g/mol. The first-order chi connectivity index (χ1) is 9.81. The third-order valence-corrected chi connectivity index (χ3v) is 6.08. The number of phenolic OH excluding ortho intramolecular Hbond substituents is 1. The third kappa shape index (κ3) is 2.14. The molecule has 2 saturated carbocycles. The lowest BCUT2D eigenvalue weighted by Crippen LogP contribution is -2.43. The van der Waals surface area contributed by atoms with E-state index >= 15 is 0 Å². The van der Waals surface area contributed by atoms with E-state index in [-0.39, 0.29) is 0 Å². The molecule has 2 nitrogen and oxygen atoms in total. The lowest BCUT2D eigenvalue weighted by atomic mass is 9.86. The van der Waals surface area contributed by atoms with Crippen LogP contribution in [0, 0.1) is 11.8 Å². The number of fused-ring (bicyclic) bond motifs is 2. The van der Waals surface area contributed by atoms with E-state index in [1.54, 1.807) is 0 Å². The van der Waals surface area contributed by atoms with Crippen LogP contribution in [-0.4, -0.2) is 29.1 Å². The van der Waals surface area contributed by atoms with Gasteiger partial charge in [-0.25, -0.2) is 0 Å². The van der Waals surface area contributed by atoms with Crippen LogP contribution in [0.1, 0.15) is 50.0 Å². The molecule has 1 aromatic rings. The first-order valence-electron chi connectivity index (χ1n) is 8.33. The lowest BCUT2D eigenvalue weighted by Gasteiger charge is -2.39. The molecule has 0 radical (unpaired) electrons. The predicted molar refractivity (Wildman–Crippen MR) is 80.9 cm³/mol. The van der Waals surface area contributed by atoms with Crippen LogP contribution >= 0.6 is 0 Å². The molecule has 0 aromatic heterocycles. The van der Waals surface area contributed by atoms with Crippen molar-refractivity contribution in [1.29, 1.82) is 0 Å². The molecule has 3 aliphatic rings. The average Bonchev–Trinajstić information content (AvgIpc) is 3.11. The van der Waals surface area contributed by atoms with Crippen LogP contribution in [0.3, 0.4) is 0 Å². The van der Waals surface area contributed by atoms with Crippen molar-refractivity contribution in [2.75, 3.05) is 13.1 Å². The number of hydrogen-bond donors (Lipinski definition) is 1. The summed E-state index contributed by atoms with van der Waals surface area (Å²) in [6.45, 7) is 2.46. The predicted octanol–water partition coefficient (Wildman–Crippen LogP) is 3.76. The summed E-state index contributed by atoms with van der Waals surface area (Å²) in [4.78, 5) is 2.76. The topological polar surface area (TPSA) is 23.5 Å². The van der Waals surface area contributed by atoms with E-state index in [4.69, 9.17) is 0 Å². The Morgan fingerprint density at radius 2 is 1.75 bits per heavy atom. The van der Waals surface area contributed by atoms with Gasteiger partial charge in [0.2, 0.25) is 0 Å². The highest BCUT2D eigenvalue weighted by Gasteiger charge is 2.42. The third-order valence-electron chi connectivity index (χ3n) is 6.08. The maximum absolute atomic E-state index is 10.0. The van der Waals surface area contributed by atoms with Gasteiger partial charge in [-0.3, -0.25) is 0 Å². The molecule has 1 aliphatic heterocycles. The van der Waals surface area contributed by atoms with Gasteiger partial charge in [-0.15, -0.1) is 0 Å². The highest BCUT2D eigenvalue weighted by Crippen LogP contribution is 2.47. The van der Waals surface area contributed by atoms with Crippen molar-refractivity contribution in [1.82, 2.24) is 4.90 Å². The molecule has 1 N–H and O–H groups in total. The summed E-state index contributed by atoms with van der Waals surface area (Å²) in [6, 6.07) is 8.80. The van der Waals surface area contributed by atoms with Crippen LogP contribution < -0.4 is 0 Å². The number of piperidine rings is 1. The number of aromatic hydroxyl groups is 1. The Labute approximate surface area is 121 Å². The number of phenols is 1. The fourth-order valence-electron chi connectivity index (χ4n) is 5.03. The van der Waals surface area contributed by atoms with Gasteiger partial charge in [0, 0.05) is 6.04 Å². The van der Waals surface area contributed by atoms with E-state index < -0.39 is 0 Å². The molecule has 0 amide bonds. The van der Waals surface area contributed by atoms with Crippen LogP contribution in [-0.2, 0) is 0 Å². The van der Waals surface area contributed by atoms with Gasteiger partial charge in [0.15, 0.2) is 0 Å². The Balaban J connectivity index is 1.40. The minimum Gasteiger partial charge on any atom is -0.508 e. The van der Waals surface area contributed by atoms with Crippen molar-refractivity contribution in [3.05, 3.63) is 29.8 Å². The molecule has 1 saturated heterocycles. The van der Waals surface area contributed by atoms with E-state index in [9.17, 15) is 5.11 Å².